The van der Waals surface area contributed by atoms with Gasteiger partial charge in [-0.3, -0.25) is 4.79 Å². The van der Waals surface area contributed by atoms with Crippen LogP contribution in [0.2, 0.25) is 5.02 Å². The summed E-state index contributed by atoms with van der Waals surface area (Å²) < 4.78 is 5.10. The van der Waals surface area contributed by atoms with Crippen LogP contribution in [0.5, 0.6) is 5.75 Å². The van der Waals surface area contributed by atoms with Crippen LogP contribution in [0.3, 0.4) is 0 Å². The van der Waals surface area contributed by atoms with Gasteiger partial charge in [-0.25, -0.2) is 0 Å². The number of rotatable bonds is 4. The molecule has 1 amide bonds. The van der Waals surface area contributed by atoms with E-state index in [1.54, 1.807) is 19.2 Å². The van der Waals surface area contributed by atoms with Gasteiger partial charge in [-0.15, -0.1) is 0 Å². The van der Waals surface area contributed by atoms with Crippen molar-refractivity contribution in [2.75, 3.05) is 25.5 Å². The summed E-state index contributed by atoms with van der Waals surface area (Å²) in [5.74, 6) is 0.773. The van der Waals surface area contributed by atoms with Crippen LogP contribution >= 0.6 is 11.6 Å². The summed E-state index contributed by atoms with van der Waals surface area (Å²) in [5, 5.41) is 3.71. The van der Waals surface area contributed by atoms with E-state index in [2.05, 4.69) is 5.32 Å². The number of ether oxygens (including phenoxy) is 1. The minimum Gasteiger partial charge on any atom is -0.495 e. The Morgan fingerprint density at radius 2 is 2.11 bits per heavy atom. The first-order valence-electron chi connectivity index (χ1n) is 6.50. The smallest absolute Gasteiger partial charge is 0.244 e. The Balaban J connectivity index is 1.99. The molecule has 0 aromatic heterocycles. The van der Waals surface area contributed by atoms with Gasteiger partial charge in [0, 0.05) is 18.8 Å². The van der Waals surface area contributed by atoms with Crippen molar-refractivity contribution < 1.29 is 9.53 Å². The van der Waals surface area contributed by atoms with Gasteiger partial charge in [0.05, 0.1) is 12.1 Å². The number of halogens is 1. The SMILES string of the molecule is COc1ccc(N[C@H](C)C(=O)N2CCCC2)cc1Cl. The monoisotopic (exact) mass is 282 g/mol. The quantitative estimate of drug-likeness (QED) is 0.923. The third kappa shape index (κ3) is 3.32. The molecule has 1 heterocycles. The lowest BCUT2D eigenvalue weighted by atomic mass is 10.2. The molecule has 1 saturated heterocycles. The van der Waals surface area contributed by atoms with Gasteiger partial charge in [0.25, 0.3) is 0 Å². The first-order valence-corrected chi connectivity index (χ1v) is 6.88. The molecule has 0 radical (unpaired) electrons. The summed E-state index contributed by atoms with van der Waals surface area (Å²) in [5.41, 5.74) is 0.825. The van der Waals surface area contributed by atoms with Crippen molar-refractivity contribution >= 4 is 23.2 Å². The predicted octanol–water partition coefficient (Wildman–Crippen LogP) is 2.77. The number of anilines is 1. The predicted molar refractivity (Wildman–Crippen MR) is 76.9 cm³/mol. The number of methoxy groups -OCH3 is 1. The average Bonchev–Trinajstić information content (AvgIpc) is 2.92. The van der Waals surface area contributed by atoms with E-state index in [0.717, 1.165) is 31.6 Å². The summed E-state index contributed by atoms with van der Waals surface area (Å²) in [7, 11) is 1.58. The second kappa shape index (κ2) is 6.15. The number of hydrogen-bond donors (Lipinski definition) is 1. The van der Waals surface area contributed by atoms with Crippen LogP contribution in [-0.4, -0.2) is 37.0 Å². The molecule has 4 nitrogen and oxygen atoms in total. The molecule has 1 N–H and O–H groups in total. The minimum absolute atomic E-state index is 0.143. The lowest BCUT2D eigenvalue weighted by molar-refractivity contribution is -0.130. The van der Waals surface area contributed by atoms with E-state index in [0.29, 0.717) is 10.8 Å². The van der Waals surface area contributed by atoms with Crippen molar-refractivity contribution in [1.29, 1.82) is 0 Å². The van der Waals surface area contributed by atoms with Gasteiger partial charge in [-0.05, 0) is 38.0 Å². The lowest BCUT2D eigenvalue weighted by Gasteiger charge is -2.22. The Bertz CT molecular complexity index is 459. The van der Waals surface area contributed by atoms with Crippen LogP contribution in [0.1, 0.15) is 19.8 Å². The van der Waals surface area contributed by atoms with E-state index in [4.69, 9.17) is 16.3 Å². The maximum Gasteiger partial charge on any atom is 0.244 e. The maximum atomic E-state index is 12.2. The number of carbonyl (C=O) groups excluding carboxylic acids is 1. The number of benzene rings is 1. The molecule has 0 spiro atoms. The Morgan fingerprint density at radius 3 is 2.68 bits per heavy atom. The zero-order valence-electron chi connectivity index (χ0n) is 11.3. The van der Waals surface area contributed by atoms with Crippen LogP contribution in [-0.2, 0) is 4.79 Å². The van der Waals surface area contributed by atoms with Crippen LogP contribution in [0.25, 0.3) is 0 Å². The molecule has 1 fully saturated rings. The molecule has 2 rings (SSSR count). The number of hydrogen-bond acceptors (Lipinski definition) is 3. The van der Waals surface area contributed by atoms with Crippen LogP contribution in [0, 0.1) is 0 Å². The van der Waals surface area contributed by atoms with Gasteiger partial charge < -0.3 is 15.0 Å². The summed E-state index contributed by atoms with van der Waals surface area (Å²) in [6.07, 6.45) is 2.21. The second-order valence-corrected chi connectivity index (χ2v) is 5.15. The fraction of sp³-hybridized carbons (Fsp3) is 0.500. The van der Waals surface area contributed by atoms with E-state index in [-0.39, 0.29) is 11.9 Å². The Labute approximate surface area is 118 Å². The lowest BCUT2D eigenvalue weighted by Crippen LogP contribution is -2.39. The molecule has 1 atom stereocenters. The fourth-order valence-electron chi connectivity index (χ4n) is 2.28. The van der Waals surface area contributed by atoms with E-state index in [1.807, 2.05) is 17.9 Å². The molecule has 0 aliphatic carbocycles. The summed E-state index contributed by atoms with van der Waals surface area (Å²) in [6.45, 7) is 3.61. The second-order valence-electron chi connectivity index (χ2n) is 4.75. The molecule has 0 unspecified atom stereocenters. The van der Waals surface area contributed by atoms with Crippen molar-refractivity contribution in [3.63, 3.8) is 0 Å². The molecule has 19 heavy (non-hydrogen) atoms. The number of likely N-dealkylation sites (tertiary alicyclic amines) is 1. The molecule has 104 valence electrons. The highest BCUT2D eigenvalue weighted by molar-refractivity contribution is 6.32. The Morgan fingerprint density at radius 1 is 1.42 bits per heavy atom. The molecule has 0 saturated carbocycles. The molecular weight excluding hydrogens is 264 g/mol. The van der Waals surface area contributed by atoms with Crippen LogP contribution in [0.4, 0.5) is 5.69 Å². The van der Waals surface area contributed by atoms with Gasteiger partial charge in [0.1, 0.15) is 11.8 Å². The zero-order valence-corrected chi connectivity index (χ0v) is 12.0. The van der Waals surface area contributed by atoms with Crippen molar-refractivity contribution in [2.45, 2.75) is 25.8 Å². The summed E-state index contributed by atoms with van der Waals surface area (Å²) in [6, 6.07) is 5.17. The first kappa shape index (κ1) is 14.0. The summed E-state index contributed by atoms with van der Waals surface area (Å²) in [4.78, 5) is 14.1. The highest BCUT2D eigenvalue weighted by Crippen LogP contribution is 2.27. The maximum absolute atomic E-state index is 12.2. The van der Waals surface area contributed by atoms with Crippen molar-refractivity contribution in [1.82, 2.24) is 4.90 Å². The van der Waals surface area contributed by atoms with Crippen LogP contribution < -0.4 is 10.1 Å². The van der Waals surface area contributed by atoms with E-state index in [9.17, 15) is 4.79 Å². The van der Waals surface area contributed by atoms with Crippen LogP contribution in [0.15, 0.2) is 18.2 Å². The number of carbonyl (C=O) groups is 1. The molecule has 1 aromatic rings. The molecule has 1 aliphatic rings. The molecular formula is C14H19ClN2O2. The molecule has 1 aromatic carbocycles. The molecule has 1 aliphatic heterocycles. The van der Waals surface area contributed by atoms with Gasteiger partial charge in [-0.1, -0.05) is 11.6 Å². The van der Waals surface area contributed by atoms with Crippen molar-refractivity contribution in [3.8, 4) is 5.75 Å². The number of nitrogens with zero attached hydrogens (tertiary/aromatic N) is 1. The first-order chi connectivity index (χ1) is 9.11. The van der Waals surface area contributed by atoms with Crippen molar-refractivity contribution in [3.05, 3.63) is 23.2 Å². The average molecular weight is 283 g/mol. The topological polar surface area (TPSA) is 41.6 Å². The third-order valence-electron chi connectivity index (χ3n) is 3.32. The number of amides is 1. The van der Waals surface area contributed by atoms with E-state index >= 15 is 0 Å². The van der Waals surface area contributed by atoms with Gasteiger partial charge in [-0.2, -0.15) is 0 Å². The van der Waals surface area contributed by atoms with E-state index < -0.39 is 0 Å². The number of nitrogens with one attached hydrogen (secondary N) is 1. The molecule has 5 heteroatoms. The van der Waals surface area contributed by atoms with Crippen molar-refractivity contribution in [2.24, 2.45) is 0 Å². The zero-order chi connectivity index (χ0) is 13.8. The fourth-order valence-corrected chi connectivity index (χ4v) is 2.54. The third-order valence-corrected chi connectivity index (χ3v) is 3.62. The highest BCUT2D eigenvalue weighted by Gasteiger charge is 2.23. The Kier molecular flexibility index (Phi) is 4.53. The van der Waals surface area contributed by atoms with Gasteiger partial charge >= 0.3 is 0 Å². The largest absolute Gasteiger partial charge is 0.495 e. The summed E-state index contributed by atoms with van der Waals surface area (Å²) >= 11 is 6.06. The molecule has 0 bridgehead atoms. The normalized spacial score (nSPS) is 16.3. The minimum atomic E-state index is -0.248. The standard InChI is InChI=1S/C14H19ClN2O2/c1-10(14(18)17-7-3-4-8-17)16-11-5-6-13(19-2)12(15)9-11/h5-6,9-10,16H,3-4,7-8H2,1-2H3/t10-/m1/s1. The van der Waals surface area contributed by atoms with Gasteiger partial charge in [0.15, 0.2) is 0 Å². The highest BCUT2D eigenvalue weighted by atomic mass is 35.5. The Hall–Kier alpha value is -1.42. The van der Waals surface area contributed by atoms with E-state index in [1.165, 1.54) is 0 Å². The van der Waals surface area contributed by atoms with Gasteiger partial charge in [0.2, 0.25) is 5.91 Å².